The molecule has 0 radical (unpaired) electrons. The molecule has 2 bridgehead atoms. The summed E-state index contributed by atoms with van der Waals surface area (Å²) in [4.78, 5) is 24.2. The van der Waals surface area contributed by atoms with E-state index in [0.717, 1.165) is 24.7 Å². The third kappa shape index (κ3) is 2.74. The van der Waals surface area contributed by atoms with Crippen molar-refractivity contribution in [2.24, 2.45) is 23.2 Å². The SMILES string of the molecule is C=CC(=O)OC(CC)(COC(=O)C(=C)C)C12CCC(C1)C1CCCC12. The summed E-state index contributed by atoms with van der Waals surface area (Å²) in [5.74, 6) is 1.22. The number of esters is 2. The molecule has 4 nitrogen and oxygen atoms in total. The van der Waals surface area contributed by atoms with E-state index in [0.29, 0.717) is 17.9 Å². The van der Waals surface area contributed by atoms with Gasteiger partial charge in [-0.15, -0.1) is 0 Å². The van der Waals surface area contributed by atoms with E-state index in [-0.39, 0.29) is 12.0 Å². The van der Waals surface area contributed by atoms with Gasteiger partial charge in [-0.1, -0.05) is 26.5 Å². The van der Waals surface area contributed by atoms with Crippen LogP contribution in [0.25, 0.3) is 0 Å². The van der Waals surface area contributed by atoms with Crippen LogP contribution >= 0.6 is 0 Å². The number of carbonyl (C=O) groups excluding carboxylic acids is 2. The van der Waals surface area contributed by atoms with Gasteiger partial charge in [0, 0.05) is 17.1 Å². The Morgan fingerprint density at radius 3 is 2.72 bits per heavy atom. The molecule has 0 aliphatic heterocycles. The third-order valence-electron chi connectivity index (χ3n) is 7.20. The summed E-state index contributed by atoms with van der Waals surface area (Å²) >= 11 is 0. The second kappa shape index (κ2) is 6.62. The van der Waals surface area contributed by atoms with E-state index in [9.17, 15) is 9.59 Å². The van der Waals surface area contributed by atoms with Crippen molar-refractivity contribution in [2.75, 3.05) is 6.61 Å². The highest BCUT2D eigenvalue weighted by atomic mass is 16.6. The first kappa shape index (κ1) is 18.2. The van der Waals surface area contributed by atoms with Gasteiger partial charge in [-0.2, -0.15) is 0 Å². The molecule has 0 aromatic heterocycles. The fourth-order valence-electron chi connectivity index (χ4n) is 6.15. The van der Waals surface area contributed by atoms with Crippen LogP contribution in [0.5, 0.6) is 0 Å². The van der Waals surface area contributed by atoms with Crippen LogP contribution in [0.2, 0.25) is 0 Å². The molecule has 3 fully saturated rings. The van der Waals surface area contributed by atoms with Crippen molar-refractivity contribution >= 4 is 11.9 Å². The van der Waals surface area contributed by atoms with Crippen molar-refractivity contribution < 1.29 is 19.1 Å². The highest BCUT2D eigenvalue weighted by Crippen LogP contribution is 2.70. The maximum Gasteiger partial charge on any atom is 0.333 e. The molecule has 0 saturated heterocycles. The first-order valence-electron chi connectivity index (χ1n) is 9.57. The Kier molecular flexibility index (Phi) is 4.82. The van der Waals surface area contributed by atoms with Crippen LogP contribution < -0.4 is 0 Å². The first-order chi connectivity index (χ1) is 11.9. The van der Waals surface area contributed by atoms with Gasteiger partial charge in [0.2, 0.25) is 0 Å². The van der Waals surface area contributed by atoms with Crippen LogP contribution in [0.15, 0.2) is 24.8 Å². The Bertz CT molecular complexity index is 595. The molecule has 3 aliphatic rings. The molecule has 0 N–H and O–H groups in total. The largest absolute Gasteiger partial charge is 0.458 e. The summed E-state index contributed by atoms with van der Waals surface area (Å²) in [5, 5.41) is 0. The maximum absolute atomic E-state index is 12.2. The number of ether oxygens (including phenoxy) is 2. The fourth-order valence-corrected chi connectivity index (χ4v) is 6.15. The zero-order chi connectivity index (χ0) is 18.2. The molecule has 4 heteroatoms. The Morgan fingerprint density at radius 1 is 1.32 bits per heavy atom. The van der Waals surface area contributed by atoms with Gasteiger partial charge in [-0.3, -0.25) is 0 Å². The summed E-state index contributed by atoms with van der Waals surface area (Å²) in [7, 11) is 0. The van der Waals surface area contributed by atoms with E-state index < -0.39 is 17.5 Å². The van der Waals surface area contributed by atoms with E-state index in [1.807, 2.05) is 6.92 Å². The minimum absolute atomic E-state index is 0.0678. The first-order valence-corrected chi connectivity index (χ1v) is 9.57. The lowest BCUT2D eigenvalue weighted by molar-refractivity contribution is -0.197. The highest BCUT2D eigenvalue weighted by Gasteiger charge is 2.68. The highest BCUT2D eigenvalue weighted by molar-refractivity contribution is 5.87. The minimum Gasteiger partial charge on any atom is -0.458 e. The van der Waals surface area contributed by atoms with E-state index in [1.165, 1.54) is 31.8 Å². The quantitative estimate of drug-likeness (QED) is 0.512. The number of hydrogen-bond acceptors (Lipinski definition) is 4. The van der Waals surface area contributed by atoms with Crippen LogP contribution in [-0.4, -0.2) is 24.1 Å². The van der Waals surface area contributed by atoms with Crippen LogP contribution in [0.4, 0.5) is 0 Å². The fraction of sp³-hybridized carbons (Fsp3) is 0.714. The second-order valence-corrected chi connectivity index (χ2v) is 8.19. The summed E-state index contributed by atoms with van der Waals surface area (Å²) in [6, 6.07) is 0. The molecule has 0 heterocycles. The Labute approximate surface area is 150 Å². The second-order valence-electron chi connectivity index (χ2n) is 8.19. The summed E-state index contributed by atoms with van der Waals surface area (Å²) < 4.78 is 11.6. The van der Waals surface area contributed by atoms with Crippen LogP contribution in [0.1, 0.15) is 58.8 Å². The third-order valence-corrected chi connectivity index (χ3v) is 7.20. The van der Waals surface area contributed by atoms with Gasteiger partial charge in [0.1, 0.15) is 6.61 Å². The van der Waals surface area contributed by atoms with Crippen LogP contribution in [0.3, 0.4) is 0 Å². The van der Waals surface area contributed by atoms with Crippen molar-refractivity contribution in [2.45, 2.75) is 64.4 Å². The standard InChI is InChI=1S/C21H30O4/c1-5-18(22)25-21(6-2,13-24-19(23)14(3)4)20-11-10-15(12-20)16-8-7-9-17(16)20/h5,15-17H,1,3,6-13H2,2,4H3. The van der Waals surface area contributed by atoms with Crippen LogP contribution in [-0.2, 0) is 19.1 Å². The lowest BCUT2D eigenvalue weighted by Gasteiger charge is -2.50. The molecular formula is C21H30O4. The van der Waals surface area contributed by atoms with Gasteiger partial charge in [-0.25, -0.2) is 9.59 Å². The van der Waals surface area contributed by atoms with Gasteiger partial charge >= 0.3 is 11.9 Å². The van der Waals surface area contributed by atoms with Crippen molar-refractivity contribution in [1.82, 2.24) is 0 Å². The van der Waals surface area contributed by atoms with Crippen molar-refractivity contribution in [1.29, 1.82) is 0 Å². The van der Waals surface area contributed by atoms with E-state index in [1.54, 1.807) is 6.92 Å². The molecule has 0 aromatic carbocycles. The molecule has 3 rings (SSSR count). The number of rotatable bonds is 7. The predicted molar refractivity (Wildman–Crippen MR) is 95.7 cm³/mol. The predicted octanol–water partition coefficient (Wildman–Crippen LogP) is 4.20. The van der Waals surface area contributed by atoms with Gasteiger partial charge in [0.25, 0.3) is 0 Å². The molecule has 138 valence electrons. The van der Waals surface area contributed by atoms with Crippen molar-refractivity contribution in [3.63, 3.8) is 0 Å². The summed E-state index contributed by atoms with van der Waals surface area (Å²) in [5.41, 5.74) is -0.462. The van der Waals surface area contributed by atoms with E-state index >= 15 is 0 Å². The van der Waals surface area contributed by atoms with Gasteiger partial charge < -0.3 is 9.47 Å². The molecule has 5 unspecified atom stereocenters. The van der Waals surface area contributed by atoms with E-state index in [2.05, 4.69) is 13.2 Å². The molecule has 0 amide bonds. The Hall–Kier alpha value is -1.58. The van der Waals surface area contributed by atoms with Crippen LogP contribution in [0, 0.1) is 23.2 Å². The zero-order valence-corrected chi connectivity index (χ0v) is 15.5. The lowest BCUT2D eigenvalue weighted by atomic mass is 9.61. The maximum atomic E-state index is 12.2. The summed E-state index contributed by atoms with van der Waals surface area (Å²) in [6.45, 7) is 11.0. The smallest absolute Gasteiger partial charge is 0.333 e. The topological polar surface area (TPSA) is 52.6 Å². The number of carbonyl (C=O) groups is 2. The summed E-state index contributed by atoms with van der Waals surface area (Å²) in [6.07, 6.45) is 8.95. The lowest BCUT2D eigenvalue weighted by Crippen LogP contribution is -2.56. The average molecular weight is 346 g/mol. The molecule has 3 aliphatic carbocycles. The van der Waals surface area contributed by atoms with Crippen molar-refractivity contribution in [3.8, 4) is 0 Å². The monoisotopic (exact) mass is 346 g/mol. The molecule has 0 aromatic rings. The Morgan fingerprint density at radius 2 is 2.08 bits per heavy atom. The Balaban J connectivity index is 1.94. The van der Waals surface area contributed by atoms with E-state index in [4.69, 9.17) is 9.47 Å². The number of hydrogen-bond donors (Lipinski definition) is 0. The van der Waals surface area contributed by atoms with Crippen molar-refractivity contribution in [3.05, 3.63) is 24.8 Å². The van der Waals surface area contributed by atoms with Gasteiger partial charge in [0.15, 0.2) is 5.60 Å². The average Bonchev–Trinajstić information content (AvgIpc) is 3.30. The molecule has 25 heavy (non-hydrogen) atoms. The molecular weight excluding hydrogens is 316 g/mol. The molecule has 5 atom stereocenters. The molecule has 3 saturated carbocycles. The van der Waals surface area contributed by atoms with Gasteiger partial charge in [0.05, 0.1) is 0 Å². The molecule has 0 spiro atoms. The minimum atomic E-state index is -0.762. The normalized spacial score (nSPS) is 34.9. The van der Waals surface area contributed by atoms with Gasteiger partial charge in [-0.05, 0) is 63.2 Å². The number of fused-ring (bicyclic) bond motifs is 5. The zero-order valence-electron chi connectivity index (χ0n) is 15.5.